The Morgan fingerprint density at radius 3 is 2.89 bits per heavy atom. The summed E-state index contributed by atoms with van der Waals surface area (Å²) in [5.41, 5.74) is 0.305. The third-order valence-corrected chi connectivity index (χ3v) is 3.70. The molecule has 5 heteroatoms. The van der Waals surface area contributed by atoms with E-state index in [0.717, 1.165) is 18.5 Å². The number of rotatable bonds is 2. The Morgan fingerprint density at radius 2 is 2.26 bits per heavy atom. The average molecular weight is 259 g/mol. The highest BCUT2D eigenvalue weighted by Crippen LogP contribution is 2.32. The second kappa shape index (κ2) is 4.88. The molecule has 2 heterocycles. The van der Waals surface area contributed by atoms with Gasteiger partial charge in [0, 0.05) is 12.2 Å². The number of pyridine rings is 1. The van der Waals surface area contributed by atoms with Crippen molar-refractivity contribution in [2.24, 2.45) is 0 Å². The molecule has 19 heavy (non-hydrogen) atoms. The van der Waals surface area contributed by atoms with Gasteiger partial charge in [0.1, 0.15) is 11.4 Å². The standard InChI is InChI=1S/C14H17N3O2/c1-10-7-11(9-15)8-12(16-10)17-6-4-3-5-14(17,2)13(18)19/h7-8H,3-6H2,1-2H3,(H,18,19). The van der Waals surface area contributed by atoms with Crippen molar-refractivity contribution in [2.75, 3.05) is 11.4 Å². The van der Waals surface area contributed by atoms with Gasteiger partial charge >= 0.3 is 5.97 Å². The minimum atomic E-state index is -0.939. The van der Waals surface area contributed by atoms with Crippen LogP contribution in [0.15, 0.2) is 12.1 Å². The largest absolute Gasteiger partial charge is 0.480 e. The number of aryl methyl sites for hydroxylation is 1. The Bertz CT molecular complexity index is 550. The average Bonchev–Trinajstić information content (AvgIpc) is 2.38. The van der Waals surface area contributed by atoms with E-state index >= 15 is 0 Å². The lowest BCUT2D eigenvalue weighted by atomic mass is 9.88. The molecule has 1 saturated heterocycles. The fraction of sp³-hybridized carbons (Fsp3) is 0.500. The van der Waals surface area contributed by atoms with Gasteiger partial charge in [0.2, 0.25) is 0 Å². The molecule has 100 valence electrons. The van der Waals surface area contributed by atoms with Crippen LogP contribution in [0.1, 0.15) is 37.4 Å². The summed E-state index contributed by atoms with van der Waals surface area (Å²) >= 11 is 0. The summed E-state index contributed by atoms with van der Waals surface area (Å²) in [6.07, 6.45) is 2.44. The van der Waals surface area contributed by atoms with Crippen LogP contribution >= 0.6 is 0 Å². The molecule has 0 saturated carbocycles. The molecule has 1 atom stereocenters. The van der Waals surface area contributed by atoms with E-state index in [1.165, 1.54) is 0 Å². The normalized spacial score (nSPS) is 22.9. The molecular formula is C14H17N3O2. The van der Waals surface area contributed by atoms with Crippen molar-refractivity contribution in [1.29, 1.82) is 5.26 Å². The molecule has 0 aliphatic carbocycles. The molecule has 0 amide bonds. The maximum Gasteiger partial charge on any atom is 0.329 e. The summed E-state index contributed by atoms with van der Waals surface area (Å²) < 4.78 is 0. The number of nitriles is 1. The van der Waals surface area contributed by atoms with Crippen molar-refractivity contribution in [3.8, 4) is 6.07 Å². The molecule has 0 bridgehead atoms. The highest BCUT2D eigenvalue weighted by molar-refractivity contribution is 5.83. The van der Waals surface area contributed by atoms with Gasteiger partial charge in [0.15, 0.2) is 0 Å². The Balaban J connectivity index is 2.46. The van der Waals surface area contributed by atoms with Crippen LogP contribution in [0.3, 0.4) is 0 Å². The van der Waals surface area contributed by atoms with Crippen molar-refractivity contribution in [1.82, 2.24) is 4.98 Å². The number of hydrogen-bond donors (Lipinski definition) is 1. The first-order valence-electron chi connectivity index (χ1n) is 6.37. The van der Waals surface area contributed by atoms with Crippen molar-refractivity contribution in [3.05, 3.63) is 23.4 Å². The predicted octanol–water partition coefficient (Wildman–Crippen LogP) is 2.10. The molecule has 1 aliphatic heterocycles. The van der Waals surface area contributed by atoms with Gasteiger partial charge < -0.3 is 10.0 Å². The highest BCUT2D eigenvalue weighted by atomic mass is 16.4. The van der Waals surface area contributed by atoms with Crippen molar-refractivity contribution in [2.45, 2.75) is 38.6 Å². The predicted molar refractivity (Wildman–Crippen MR) is 70.9 cm³/mol. The van der Waals surface area contributed by atoms with Gasteiger partial charge in [-0.3, -0.25) is 0 Å². The summed E-state index contributed by atoms with van der Waals surface area (Å²) in [5.74, 6) is -0.254. The van der Waals surface area contributed by atoms with E-state index in [1.54, 1.807) is 19.1 Å². The van der Waals surface area contributed by atoms with Crippen LogP contribution in [-0.4, -0.2) is 28.1 Å². The van der Waals surface area contributed by atoms with E-state index in [9.17, 15) is 9.90 Å². The number of aliphatic carboxylic acids is 1. The summed E-state index contributed by atoms with van der Waals surface area (Å²) in [5, 5.41) is 18.5. The lowest BCUT2D eigenvalue weighted by Crippen LogP contribution is -2.55. The maximum atomic E-state index is 11.6. The molecule has 1 fully saturated rings. The molecule has 0 radical (unpaired) electrons. The van der Waals surface area contributed by atoms with Gasteiger partial charge in [-0.05, 0) is 45.2 Å². The third-order valence-electron chi connectivity index (χ3n) is 3.70. The molecule has 1 aliphatic rings. The third kappa shape index (κ3) is 2.39. The van der Waals surface area contributed by atoms with Crippen LogP contribution in [0.4, 0.5) is 5.82 Å². The number of carboxylic acid groups (broad SMARTS) is 1. The SMILES string of the molecule is Cc1cc(C#N)cc(N2CCCCC2(C)C(=O)O)n1. The van der Waals surface area contributed by atoms with Crippen LogP contribution in [0.25, 0.3) is 0 Å². The zero-order valence-corrected chi connectivity index (χ0v) is 11.2. The first-order valence-corrected chi connectivity index (χ1v) is 6.37. The number of aromatic nitrogens is 1. The Kier molecular flexibility index (Phi) is 3.43. The number of piperidine rings is 1. The zero-order chi connectivity index (χ0) is 14.0. The van der Waals surface area contributed by atoms with Crippen LogP contribution in [0.5, 0.6) is 0 Å². The van der Waals surface area contributed by atoms with Gasteiger partial charge in [0.25, 0.3) is 0 Å². The highest BCUT2D eigenvalue weighted by Gasteiger charge is 2.42. The lowest BCUT2D eigenvalue weighted by Gasteiger charge is -2.42. The quantitative estimate of drug-likeness (QED) is 0.880. The lowest BCUT2D eigenvalue weighted by molar-refractivity contribution is -0.143. The van der Waals surface area contributed by atoms with E-state index in [4.69, 9.17) is 5.26 Å². The first kappa shape index (κ1) is 13.3. The minimum Gasteiger partial charge on any atom is -0.480 e. The number of hydrogen-bond acceptors (Lipinski definition) is 4. The number of nitrogens with zero attached hydrogens (tertiary/aromatic N) is 3. The van der Waals surface area contributed by atoms with Crippen LogP contribution in [0.2, 0.25) is 0 Å². The molecule has 1 N–H and O–H groups in total. The molecule has 0 aromatic carbocycles. The van der Waals surface area contributed by atoms with E-state index in [1.807, 2.05) is 11.8 Å². The Labute approximate surface area is 112 Å². The number of carboxylic acids is 1. The van der Waals surface area contributed by atoms with Crippen LogP contribution in [0, 0.1) is 18.3 Å². The molecule has 1 unspecified atom stereocenters. The number of anilines is 1. The van der Waals surface area contributed by atoms with Crippen LogP contribution < -0.4 is 4.90 Å². The smallest absolute Gasteiger partial charge is 0.329 e. The Hall–Kier alpha value is -2.09. The second-order valence-corrected chi connectivity index (χ2v) is 5.15. The van der Waals surface area contributed by atoms with Gasteiger partial charge in [-0.2, -0.15) is 5.26 Å². The Morgan fingerprint density at radius 1 is 1.53 bits per heavy atom. The maximum absolute atomic E-state index is 11.6. The summed E-state index contributed by atoms with van der Waals surface area (Å²) in [6, 6.07) is 5.46. The first-order chi connectivity index (χ1) is 8.97. The molecule has 5 nitrogen and oxygen atoms in total. The van der Waals surface area contributed by atoms with E-state index in [-0.39, 0.29) is 0 Å². The van der Waals surface area contributed by atoms with Gasteiger partial charge in [-0.15, -0.1) is 0 Å². The molecule has 0 spiro atoms. The van der Waals surface area contributed by atoms with E-state index in [2.05, 4.69) is 11.1 Å². The molecule has 1 aromatic rings. The van der Waals surface area contributed by atoms with Crippen molar-refractivity contribution < 1.29 is 9.90 Å². The van der Waals surface area contributed by atoms with Gasteiger partial charge in [0.05, 0.1) is 11.6 Å². The summed E-state index contributed by atoms with van der Waals surface area (Å²) in [4.78, 5) is 17.8. The van der Waals surface area contributed by atoms with Crippen molar-refractivity contribution >= 4 is 11.8 Å². The van der Waals surface area contributed by atoms with Crippen molar-refractivity contribution in [3.63, 3.8) is 0 Å². The topological polar surface area (TPSA) is 77.2 Å². The zero-order valence-electron chi connectivity index (χ0n) is 11.2. The second-order valence-electron chi connectivity index (χ2n) is 5.15. The van der Waals surface area contributed by atoms with Gasteiger partial charge in [-0.25, -0.2) is 9.78 Å². The van der Waals surface area contributed by atoms with Crippen LogP contribution in [-0.2, 0) is 4.79 Å². The molecule has 2 rings (SSSR count). The van der Waals surface area contributed by atoms with E-state index < -0.39 is 11.5 Å². The minimum absolute atomic E-state index is 0.515. The molecule has 1 aromatic heterocycles. The molecular weight excluding hydrogens is 242 g/mol. The summed E-state index contributed by atoms with van der Waals surface area (Å²) in [6.45, 7) is 4.20. The number of carbonyl (C=O) groups is 1. The van der Waals surface area contributed by atoms with E-state index in [0.29, 0.717) is 24.3 Å². The van der Waals surface area contributed by atoms with Gasteiger partial charge in [-0.1, -0.05) is 0 Å². The monoisotopic (exact) mass is 259 g/mol. The fourth-order valence-corrected chi connectivity index (χ4v) is 2.56. The fourth-order valence-electron chi connectivity index (χ4n) is 2.56. The summed E-state index contributed by atoms with van der Waals surface area (Å²) in [7, 11) is 0.